The van der Waals surface area contributed by atoms with E-state index < -0.39 is 21.9 Å². The maximum atomic E-state index is 13.5. The third-order valence-electron chi connectivity index (χ3n) is 2.85. The van der Waals surface area contributed by atoms with Crippen molar-refractivity contribution in [2.75, 3.05) is 13.0 Å². The van der Waals surface area contributed by atoms with E-state index >= 15 is 0 Å². The lowest BCUT2D eigenvalue weighted by Crippen LogP contribution is -2.41. The normalized spacial score (nSPS) is 14.8. The van der Waals surface area contributed by atoms with E-state index in [9.17, 15) is 8.94 Å². The van der Waals surface area contributed by atoms with Gasteiger partial charge in [-0.2, -0.15) is 0 Å². The molecule has 0 saturated carbocycles. The highest BCUT2D eigenvalue weighted by atomic mass is 35.5. The Morgan fingerprint density at radius 2 is 2.19 bits per heavy atom. The molecule has 1 aromatic rings. The van der Waals surface area contributed by atoms with Crippen LogP contribution >= 0.6 is 11.6 Å². The van der Waals surface area contributed by atoms with Crippen molar-refractivity contribution in [3.05, 3.63) is 23.6 Å². The van der Waals surface area contributed by atoms with E-state index in [0.717, 1.165) is 6.20 Å². The number of nitrogens with one attached hydrogen (secondary N) is 1. The van der Waals surface area contributed by atoms with E-state index in [0.29, 0.717) is 30.2 Å². The molecule has 0 unspecified atom stereocenters. The molecular formula is C14H22ClFN2O2S. The van der Waals surface area contributed by atoms with Gasteiger partial charge in [0.05, 0.1) is 19.3 Å². The molecule has 0 amide bonds. The van der Waals surface area contributed by atoms with Gasteiger partial charge in [0.15, 0.2) is 0 Å². The first-order chi connectivity index (χ1) is 9.79. The number of pyridine rings is 1. The fraction of sp³-hybridized carbons (Fsp3) is 0.643. The van der Waals surface area contributed by atoms with Crippen LogP contribution in [0.25, 0.3) is 0 Å². The fourth-order valence-electron chi connectivity index (χ4n) is 1.73. The average molecular weight is 337 g/mol. The fourth-order valence-corrected chi connectivity index (χ4v) is 2.74. The number of methoxy groups -OCH3 is 1. The molecule has 1 rings (SSSR count). The number of aromatic nitrogens is 1. The van der Waals surface area contributed by atoms with E-state index in [1.807, 2.05) is 20.8 Å². The van der Waals surface area contributed by atoms with Crippen molar-refractivity contribution in [1.29, 1.82) is 0 Å². The van der Waals surface area contributed by atoms with Gasteiger partial charge in [-0.3, -0.25) is 0 Å². The molecule has 1 N–H and O–H groups in total. The standard InChI is InChI=1S/C14H22ClFN2O2S/c1-14(2,3)21(19)18-12(6-5-7-15)11-8-10(16)9-17-13(11)20-4/h8-9,12,18H,5-7H2,1-4H3/t12-,21-/m0/s1. The van der Waals surface area contributed by atoms with Crippen LogP contribution in [0, 0.1) is 5.82 Å². The minimum atomic E-state index is -1.29. The molecule has 0 aliphatic carbocycles. The highest BCUT2D eigenvalue weighted by Gasteiger charge is 2.31. The number of hydrogen-bond acceptors (Lipinski definition) is 4. The van der Waals surface area contributed by atoms with Crippen molar-refractivity contribution >= 4 is 23.0 Å². The summed E-state index contributed by atoms with van der Waals surface area (Å²) >= 11 is 4.45. The van der Waals surface area contributed by atoms with Crippen LogP contribution in [0.15, 0.2) is 12.3 Å². The first-order valence-electron chi connectivity index (χ1n) is 6.73. The molecule has 0 aliphatic rings. The van der Waals surface area contributed by atoms with Crippen molar-refractivity contribution in [3.8, 4) is 5.88 Å². The molecule has 2 atom stereocenters. The smallest absolute Gasteiger partial charge is 0.218 e. The molecule has 1 aromatic heterocycles. The second-order valence-electron chi connectivity index (χ2n) is 5.63. The molecule has 4 nitrogen and oxygen atoms in total. The third kappa shape index (κ3) is 5.62. The van der Waals surface area contributed by atoms with Gasteiger partial charge >= 0.3 is 0 Å². The van der Waals surface area contributed by atoms with E-state index in [-0.39, 0.29) is 6.04 Å². The molecule has 21 heavy (non-hydrogen) atoms. The second-order valence-corrected chi connectivity index (χ2v) is 8.01. The lowest BCUT2D eigenvalue weighted by atomic mass is 10.0. The first kappa shape index (κ1) is 18.5. The number of halogens is 2. The largest absolute Gasteiger partial charge is 0.598 e. The zero-order valence-electron chi connectivity index (χ0n) is 12.8. The Bertz CT molecular complexity index is 457. The van der Waals surface area contributed by atoms with Crippen LogP contribution < -0.4 is 9.46 Å². The van der Waals surface area contributed by atoms with E-state index in [4.69, 9.17) is 16.3 Å². The van der Waals surface area contributed by atoms with Crippen LogP contribution in [0.1, 0.15) is 45.2 Å². The van der Waals surface area contributed by atoms with Crippen molar-refractivity contribution in [3.63, 3.8) is 0 Å². The summed E-state index contributed by atoms with van der Waals surface area (Å²) < 4.78 is 33.6. The predicted octanol–water partition coefficient (Wildman–Crippen LogP) is 3.34. The third-order valence-corrected chi connectivity index (χ3v) is 4.72. The molecule has 0 fully saturated rings. The van der Waals surface area contributed by atoms with Crippen molar-refractivity contribution < 1.29 is 13.7 Å². The van der Waals surface area contributed by atoms with Crippen LogP contribution in [0.5, 0.6) is 5.88 Å². The minimum absolute atomic E-state index is 0.328. The summed E-state index contributed by atoms with van der Waals surface area (Å²) in [5.74, 6) is 0.352. The SMILES string of the molecule is COc1ncc(F)cc1[C@H](CCCCl)N[S@@+]([O-])C(C)(C)C. The molecule has 1 heterocycles. The van der Waals surface area contributed by atoms with E-state index in [1.165, 1.54) is 13.2 Å². The van der Waals surface area contributed by atoms with Gasteiger partial charge in [0.2, 0.25) is 5.88 Å². The van der Waals surface area contributed by atoms with Crippen LogP contribution in [-0.4, -0.2) is 27.3 Å². The predicted molar refractivity (Wildman–Crippen MR) is 84.5 cm³/mol. The topological polar surface area (TPSA) is 57.2 Å². The van der Waals surface area contributed by atoms with Gasteiger partial charge in [-0.05, 0) is 39.7 Å². The number of rotatable bonds is 7. The highest BCUT2D eigenvalue weighted by Crippen LogP contribution is 2.29. The quantitative estimate of drug-likeness (QED) is 0.613. The second kappa shape index (κ2) is 8.17. The minimum Gasteiger partial charge on any atom is -0.598 e. The first-order valence-corrected chi connectivity index (χ1v) is 8.41. The van der Waals surface area contributed by atoms with Crippen molar-refractivity contribution in [2.45, 2.75) is 44.4 Å². The summed E-state index contributed by atoms with van der Waals surface area (Å²) in [6.45, 7) is 5.61. The van der Waals surface area contributed by atoms with Crippen LogP contribution in [0.4, 0.5) is 4.39 Å². The number of ether oxygens (including phenoxy) is 1. The average Bonchev–Trinajstić information content (AvgIpc) is 2.42. The molecule has 0 aliphatic heterocycles. The Kier molecular flexibility index (Phi) is 7.20. The van der Waals surface area contributed by atoms with Crippen molar-refractivity contribution in [2.24, 2.45) is 0 Å². The molecule has 0 saturated heterocycles. The van der Waals surface area contributed by atoms with Crippen LogP contribution in [-0.2, 0) is 11.4 Å². The lowest BCUT2D eigenvalue weighted by Gasteiger charge is -2.28. The molecular weight excluding hydrogens is 315 g/mol. The molecule has 0 radical (unpaired) electrons. The van der Waals surface area contributed by atoms with Gasteiger partial charge < -0.3 is 9.29 Å². The summed E-state index contributed by atoms with van der Waals surface area (Å²) in [4.78, 5) is 3.93. The Morgan fingerprint density at radius 1 is 1.52 bits per heavy atom. The Balaban J connectivity index is 3.04. The summed E-state index contributed by atoms with van der Waals surface area (Å²) in [6.07, 6.45) is 2.43. The summed E-state index contributed by atoms with van der Waals surface area (Å²) in [5.41, 5.74) is 0.556. The van der Waals surface area contributed by atoms with Crippen molar-refractivity contribution in [1.82, 2.24) is 9.71 Å². The van der Waals surface area contributed by atoms with Gasteiger partial charge in [-0.25, -0.2) is 9.37 Å². The number of alkyl halides is 1. The molecule has 0 spiro atoms. The summed E-state index contributed by atoms with van der Waals surface area (Å²) in [7, 11) is 1.48. The van der Waals surface area contributed by atoms with E-state index in [2.05, 4.69) is 9.71 Å². The Hall–Kier alpha value is -0.560. The maximum absolute atomic E-state index is 13.5. The monoisotopic (exact) mass is 336 g/mol. The van der Waals surface area contributed by atoms with Gasteiger partial charge in [-0.1, -0.05) is 0 Å². The lowest BCUT2D eigenvalue weighted by molar-refractivity contribution is 0.381. The summed E-state index contributed by atoms with van der Waals surface area (Å²) in [6, 6.07) is 1.03. The molecule has 0 bridgehead atoms. The molecule has 120 valence electrons. The Labute approximate surface area is 133 Å². The van der Waals surface area contributed by atoms with Gasteiger partial charge in [0.1, 0.15) is 10.6 Å². The highest BCUT2D eigenvalue weighted by molar-refractivity contribution is 7.90. The van der Waals surface area contributed by atoms with Gasteiger partial charge in [0.25, 0.3) is 0 Å². The van der Waals surface area contributed by atoms with Gasteiger partial charge in [0, 0.05) is 22.8 Å². The maximum Gasteiger partial charge on any atom is 0.218 e. The van der Waals surface area contributed by atoms with Gasteiger partial charge in [-0.15, -0.1) is 16.3 Å². The van der Waals surface area contributed by atoms with Crippen LogP contribution in [0.2, 0.25) is 0 Å². The zero-order chi connectivity index (χ0) is 16.0. The number of hydrogen-bond donors (Lipinski definition) is 1. The van der Waals surface area contributed by atoms with E-state index in [1.54, 1.807) is 0 Å². The molecule has 7 heteroatoms. The molecule has 0 aromatic carbocycles. The number of nitrogens with zero attached hydrogens (tertiary/aromatic N) is 1. The van der Waals surface area contributed by atoms with Crippen LogP contribution in [0.3, 0.4) is 0 Å². The zero-order valence-corrected chi connectivity index (χ0v) is 14.4. The Morgan fingerprint density at radius 3 is 2.71 bits per heavy atom. The summed E-state index contributed by atoms with van der Waals surface area (Å²) in [5, 5.41) is 0.